The Kier molecular flexibility index (Phi) is 3.55. The molecule has 5 nitrogen and oxygen atoms in total. The van der Waals surface area contributed by atoms with Crippen molar-refractivity contribution in [3.05, 3.63) is 64.1 Å². The number of nitrogens with two attached hydrogens (primary N) is 1. The number of imidazole rings is 1. The number of aromatic nitrogens is 2. The largest absolute Gasteiger partial charge is 0.398 e. The number of hydrogen-bond donors (Lipinski definition) is 2. The van der Waals surface area contributed by atoms with Crippen molar-refractivity contribution in [1.82, 2.24) is 9.55 Å². The van der Waals surface area contributed by atoms with E-state index >= 15 is 0 Å². The zero-order valence-electron chi connectivity index (χ0n) is 12.3. The third-order valence-corrected chi connectivity index (χ3v) is 3.79. The molecule has 0 aliphatic rings. The van der Waals surface area contributed by atoms with Gasteiger partial charge in [-0.05, 0) is 36.6 Å². The Morgan fingerprint density at radius 2 is 1.95 bits per heavy atom. The molecular weight excluding hydrogens is 278 g/mol. The fraction of sp³-hybridized carbons (Fsp3) is 0.176. The van der Waals surface area contributed by atoms with Crippen molar-refractivity contribution in [2.45, 2.75) is 19.8 Å². The van der Waals surface area contributed by atoms with E-state index in [9.17, 15) is 9.59 Å². The van der Waals surface area contributed by atoms with Crippen LogP contribution in [0.25, 0.3) is 11.0 Å². The van der Waals surface area contributed by atoms with Crippen molar-refractivity contribution in [3.8, 4) is 0 Å². The van der Waals surface area contributed by atoms with Gasteiger partial charge < -0.3 is 10.7 Å². The van der Waals surface area contributed by atoms with Crippen LogP contribution >= 0.6 is 0 Å². The molecule has 1 aromatic heterocycles. The Hall–Kier alpha value is -2.82. The second-order valence-electron chi connectivity index (χ2n) is 5.37. The lowest BCUT2D eigenvalue weighted by Crippen LogP contribution is -2.24. The van der Waals surface area contributed by atoms with Crippen molar-refractivity contribution >= 4 is 22.6 Å². The maximum absolute atomic E-state index is 12.4. The fourth-order valence-electron chi connectivity index (χ4n) is 2.53. The SMILES string of the molecule is Cc1cc2c(cc1N)[nH]c(=O)n2C(=O)CCc1ccccc1. The molecule has 0 atom stereocenters. The zero-order chi connectivity index (χ0) is 15.7. The highest BCUT2D eigenvalue weighted by molar-refractivity contribution is 5.92. The summed E-state index contributed by atoms with van der Waals surface area (Å²) in [4.78, 5) is 27.2. The minimum Gasteiger partial charge on any atom is -0.398 e. The van der Waals surface area contributed by atoms with E-state index in [4.69, 9.17) is 5.73 Å². The molecule has 2 aromatic carbocycles. The van der Waals surface area contributed by atoms with Gasteiger partial charge in [0.2, 0.25) is 5.91 Å². The smallest absolute Gasteiger partial charge is 0.333 e. The number of carbonyl (C=O) groups excluding carboxylic acids is 1. The van der Waals surface area contributed by atoms with Gasteiger partial charge in [-0.25, -0.2) is 9.36 Å². The molecule has 112 valence electrons. The Balaban J connectivity index is 1.92. The summed E-state index contributed by atoms with van der Waals surface area (Å²) in [5.41, 5.74) is 9.10. The third kappa shape index (κ3) is 2.53. The van der Waals surface area contributed by atoms with Gasteiger partial charge in [0.15, 0.2) is 0 Å². The van der Waals surface area contributed by atoms with E-state index < -0.39 is 5.69 Å². The lowest BCUT2D eigenvalue weighted by atomic mass is 10.1. The highest BCUT2D eigenvalue weighted by Crippen LogP contribution is 2.19. The standard InChI is InChI=1S/C17H17N3O2/c1-11-9-15-14(10-13(11)18)19-17(22)20(15)16(21)8-7-12-5-3-2-4-6-12/h2-6,9-10H,7-8,18H2,1H3,(H,19,22). The fourth-order valence-corrected chi connectivity index (χ4v) is 2.53. The van der Waals surface area contributed by atoms with Gasteiger partial charge in [-0.15, -0.1) is 0 Å². The van der Waals surface area contributed by atoms with Crippen molar-refractivity contribution in [1.29, 1.82) is 0 Å². The second kappa shape index (κ2) is 5.52. The molecule has 22 heavy (non-hydrogen) atoms. The van der Waals surface area contributed by atoms with E-state index in [0.717, 1.165) is 11.1 Å². The van der Waals surface area contributed by atoms with Gasteiger partial charge in [-0.3, -0.25) is 4.79 Å². The van der Waals surface area contributed by atoms with E-state index in [1.165, 1.54) is 4.57 Å². The van der Waals surface area contributed by atoms with Gasteiger partial charge in [0.25, 0.3) is 0 Å². The van der Waals surface area contributed by atoms with Gasteiger partial charge in [0, 0.05) is 12.1 Å². The van der Waals surface area contributed by atoms with Crippen LogP contribution in [0.4, 0.5) is 5.69 Å². The van der Waals surface area contributed by atoms with Crippen LogP contribution in [-0.2, 0) is 6.42 Å². The molecule has 0 spiro atoms. The van der Waals surface area contributed by atoms with E-state index in [0.29, 0.717) is 23.1 Å². The molecule has 3 aromatic rings. The monoisotopic (exact) mass is 295 g/mol. The maximum atomic E-state index is 12.4. The molecule has 0 unspecified atom stereocenters. The number of nitrogens with zero attached hydrogens (tertiary/aromatic N) is 1. The van der Waals surface area contributed by atoms with Crippen molar-refractivity contribution in [2.75, 3.05) is 5.73 Å². The minimum atomic E-state index is -0.418. The van der Waals surface area contributed by atoms with E-state index in [-0.39, 0.29) is 12.3 Å². The van der Waals surface area contributed by atoms with Crippen LogP contribution in [0.15, 0.2) is 47.3 Å². The summed E-state index contributed by atoms with van der Waals surface area (Å²) in [6.45, 7) is 1.85. The number of hydrogen-bond acceptors (Lipinski definition) is 3. The number of H-pyrrole nitrogens is 1. The summed E-state index contributed by atoms with van der Waals surface area (Å²) in [7, 11) is 0. The summed E-state index contributed by atoms with van der Waals surface area (Å²) < 4.78 is 1.20. The topological polar surface area (TPSA) is 80.9 Å². The highest BCUT2D eigenvalue weighted by atomic mass is 16.2. The first-order valence-electron chi connectivity index (χ1n) is 7.14. The average molecular weight is 295 g/mol. The van der Waals surface area contributed by atoms with Crippen LogP contribution in [0.2, 0.25) is 0 Å². The number of fused-ring (bicyclic) bond motifs is 1. The summed E-state index contributed by atoms with van der Waals surface area (Å²) in [5, 5.41) is 0. The van der Waals surface area contributed by atoms with E-state index in [2.05, 4.69) is 4.98 Å². The maximum Gasteiger partial charge on any atom is 0.333 e. The number of nitrogen functional groups attached to an aromatic ring is 1. The van der Waals surface area contributed by atoms with Crippen LogP contribution in [0.3, 0.4) is 0 Å². The first-order chi connectivity index (χ1) is 10.6. The Morgan fingerprint density at radius 1 is 1.23 bits per heavy atom. The van der Waals surface area contributed by atoms with E-state index in [1.807, 2.05) is 37.3 Å². The summed E-state index contributed by atoms with van der Waals surface area (Å²) >= 11 is 0. The van der Waals surface area contributed by atoms with Crippen molar-refractivity contribution < 1.29 is 4.79 Å². The number of nitrogens with one attached hydrogen (secondary N) is 1. The van der Waals surface area contributed by atoms with E-state index in [1.54, 1.807) is 12.1 Å². The average Bonchev–Trinajstić information content (AvgIpc) is 2.81. The van der Waals surface area contributed by atoms with Gasteiger partial charge in [-0.2, -0.15) is 0 Å². The minimum absolute atomic E-state index is 0.218. The Morgan fingerprint density at radius 3 is 2.68 bits per heavy atom. The molecule has 0 bridgehead atoms. The number of anilines is 1. The molecule has 0 saturated carbocycles. The van der Waals surface area contributed by atoms with Crippen molar-refractivity contribution in [2.24, 2.45) is 0 Å². The molecule has 0 aliphatic carbocycles. The van der Waals surface area contributed by atoms with Gasteiger partial charge in [-0.1, -0.05) is 30.3 Å². The molecule has 3 rings (SSSR count). The van der Waals surface area contributed by atoms with Gasteiger partial charge in [0.05, 0.1) is 11.0 Å². The molecule has 1 heterocycles. The summed E-state index contributed by atoms with van der Waals surface area (Å²) in [6.07, 6.45) is 0.882. The highest BCUT2D eigenvalue weighted by Gasteiger charge is 2.15. The summed E-state index contributed by atoms with van der Waals surface area (Å²) in [5.74, 6) is -0.218. The van der Waals surface area contributed by atoms with Crippen LogP contribution in [-0.4, -0.2) is 15.5 Å². The molecule has 0 fully saturated rings. The van der Waals surface area contributed by atoms with Gasteiger partial charge >= 0.3 is 5.69 Å². The quantitative estimate of drug-likeness (QED) is 0.728. The lowest BCUT2D eigenvalue weighted by molar-refractivity contribution is 0.0904. The number of aromatic amines is 1. The van der Waals surface area contributed by atoms with Crippen LogP contribution < -0.4 is 11.4 Å². The first-order valence-corrected chi connectivity index (χ1v) is 7.14. The van der Waals surface area contributed by atoms with Crippen LogP contribution in [0.5, 0.6) is 0 Å². The third-order valence-electron chi connectivity index (χ3n) is 3.79. The molecule has 0 aliphatic heterocycles. The Bertz CT molecular complexity index is 891. The Labute approximate surface area is 127 Å². The predicted octanol–water partition coefficient (Wildman–Crippen LogP) is 2.49. The number of aryl methyl sites for hydroxylation is 2. The molecule has 5 heteroatoms. The molecule has 0 radical (unpaired) electrons. The predicted molar refractivity (Wildman–Crippen MR) is 87.1 cm³/mol. The number of benzene rings is 2. The molecular formula is C17H17N3O2. The number of rotatable bonds is 3. The normalized spacial score (nSPS) is 11.0. The summed E-state index contributed by atoms with van der Waals surface area (Å²) in [6, 6.07) is 13.2. The second-order valence-corrected chi connectivity index (χ2v) is 5.37. The lowest BCUT2D eigenvalue weighted by Gasteiger charge is -2.05. The number of carbonyl (C=O) groups is 1. The molecule has 3 N–H and O–H groups in total. The molecule has 0 saturated heterocycles. The first kappa shape index (κ1) is 14.1. The van der Waals surface area contributed by atoms with Gasteiger partial charge in [0.1, 0.15) is 0 Å². The zero-order valence-corrected chi connectivity index (χ0v) is 12.3. The van der Waals surface area contributed by atoms with Crippen LogP contribution in [0, 0.1) is 6.92 Å². The van der Waals surface area contributed by atoms with Crippen LogP contribution in [0.1, 0.15) is 22.3 Å². The molecule has 0 amide bonds. The van der Waals surface area contributed by atoms with Crippen molar-refractivity contribution in [3.63, 3.8) is 0 Å².